The molecular weight excluding hydrogens is 371 g/mol. The van der Waals surface area contributed by atoms with Gasteiger partial charge in [0.2, 0.25) is 11.0 Å². The molecule has 1 fully saturated rings. The number of rotatable bonds is 7. The molecule has 0 unspecified atom stereocenters. The Bertz CT molecular complexity index is 733. The van der Waals surface area contributed by atoms with Crippen LogP contribution in [-0.2, 0) is 4.79 Å². The van der Waals surface area contributed by atoms with E-state index in [1.807, 2.05) is 11.8 Å². The Labute approximate surface area is 161 Å². The summed E-state index contributed by atoms with van der Waals surface area (Å²) in [6.07, 6.45) is 5.94. The van der Waals surface area contributed by atoms with Crippen LogP contribution in [0.25, 0.3) is 0 Å². The van der Waals surface area contributed by atoms with Crippen LogP contribution in [0.4, 0.5) is 15.2 Å². The van der Waals surface area contributed by atoms with Crippen molar-refractivity contribution in [1.82, 2.24) is 15.1 Å². The van der Waals surface area contributed by atoms with Gasteiger partial charge in [-0.1, -0.05) is 48.4 Å². The minimum atomic E-state index is -0.304. The van der Waals surface area contributed by atoms with Gasteiger partial charge in [-0.2, -0.15) is 0 Å². The van der Waals surface area contributed by atoms with Gasteiger partial charge in [-0.05, 0) is 38.0 Å². The molecule has 0 bridgehead atoms. The Morgan fingerprint density at radius 2 is 2.15 bits per heavy atom. The minimum Gasteiger partial charge on any atom is -0.339 e. The third kappa shape index (κ3) is 5.17. The van der Waals surface area contributed by atoms with Crippen molar-refractivity contribution in [3.8, 4) is 0 Å². The Balaban J connectivity index is 1.52. The molecule has 1 aliphatic carbocycles. The summed E-state index contributed by atoms with van der Waals surface area (Å²) in [5.41, 5.74) is 0.628. The molecule has 0 atom stereocenters. The predicted octanol–water partition coefficient (Wildman–Crippen LogP) is 4.69. The summed E-state index contributed by atoms with van der Waals surface area (Å²) in [7, 11) is 0. The number of carbonyl (C=O) groups is 1. The largest absolute Gasteiger partial charge is 0.339 e. The SMILES string of the molecule is CCN(C(=O)CSc1nnc(Nc2cccc(F)c2)s1)C1CCCCC1. The highest BCUT2D eigenvalue weighted by Gasteiger charge is 2.24. The monoisotopic (exact) mass is 394 g/mol. The van der Waals surface area contributed by atoms with Gasteiger partial charge < -0.3 is 10.2 Å². The second-order valence-corrected chi connectivity index (χ2v) is 8.47. The van der Waals surface area contributed by atoms with Crippen molar-refractivity contribution in [1.29, 1.82) is 0 Å². The van der Waals surface area contributed by atoms with Crippen molar-refractivity contribution >= 4 is 39.8 Å². The van der Waals surface area contributed by atoms with Gasteiger partial charge in [0, 0.05) is 18.3 Å². The zero-order valence-corrected chi connectivity index (χ0v) is 16.4. The lowest BCUT2D eigenvalue weighted by molar-refractivity contribution is -0.131. The highest BCUT2D eigenvalue weighted by Crippen LogP contribution is 2.29. The summed E-state index contributed by atoms with van der Waals surface area (Å²) in [6.45, 7) is 2.80. The Morgan fingerprint density at radius 1 is 1.35 bits per heavy atom. The number of benzene rings is 1. The molecular formula is C18H23FN4OS2. The van der Waals surface area contributed by atoms with Crippen LogP contribution in [0.2, 0.25) is 0 Å². The molecule has 0 radical (unpaired) electrons. The molecule has 0 aliphatic heterocycles. The fourth-order valence-corrected chi connectivity index (χ4v) is 4.90. The molecule has 1 aliphatic rings. The van der Waals surface area contributed by atoms with Gasteiger partial charge in [-0.25, -0.2) is 4.39 Å². The Hall–Kier alpha value is -1.67. The number of anilines is 2. The quantitative estimate of drug-likeness (QED) is 0.690. The van der Waals surface area contributed by atoms with Crippen molar-refractivity contribution < 1.29 is 9.18 Å². The molecule has 3 rings (SSSR count). The summed E-state index contributed by atoms with van der Waals surface area (Å²) in [5.74, 6) is 0.236. The lowest BCUT2D eigenvalue weighted by Crippen LogP contribution is -2.42. The zero-order valence-electron chi connectivity index (χ0n) is 14.8. The average Bonchev–Trinajstić information content (AvgIpc) is 3.09. The van der Waals surface area contributed by atoms with E-state index >= 15 is 0 Å². The predicted molar refractivity (Wildman–Crippen MR) is 105 cm³/mol. The van der Waals surface area contributed by atoms with Crippen LogP contribution in [0.15, 0.2) is 28.6 Å². The van der Waals surface area contributed by atoms with Gasteiger partial charge in [-0.15, -0.1) is 10.2 Å². The smallest absolute Gasteiger partial charge is 0.233 e. The number of thioether (sulfide) groups is 1. The number of nitrogens with zero attached hydrogens (tertiary/aromatic N) is 3. The zero-order chi connectivity index (χ0) is 18.4. The van der Waals surface area contributed by atoms with Crippen molar-refractivity contribution in [2.75, 3.05) is 17.6 Å². The number of carbonyl (C=O) groups excluding carboxylic acids is 1. The maximum atomic E-state index is 13.2. The van der Waals surface area contributed by atoms with Gasteiger partial charge in [0.05, 0.1) is 5.75 Å². The van der Waals surface area contributed by atoms with E-state index in [0.29, 0.717) is 22.6 Å². The van der Waals surface area contributed by atoms with Crippen molar-refractivity contribution in [2.24, 2.45) is 0 Å². The van der Waals surface area contributed by atoms with E-state index in [9.17, 15) is 9.18 Å². The van der Waals surface area contributed by atoms with E-state index in [4.69, 9.17) is 0 Å². The summed E-state index contributed by atoms with van der Waals surface area (Å²) < 4.78 is 14.0. The molecule has 140 valence electrons. The first-order chi connectivity index (χ1) is 12.7. The fourth-order valence-electron chi connectivity index (χ4n) is 3.25. The minimum absolute atomic E-state index is 0.166. The van der Waals surface area contributed by atoms with Gasteiger partial charge in [0.25, 0.3) is 0 Å². The van der Waals surface area contributed by atoms with Gasteiger partial charge in [-0.3, -0.25) is 4.79 Å². The maximum absolute atomic E-state index is 13.2. The number of hydrogen-bond donors (Lipinski definition) is 1. The molecule has 8 heteroatoms. The van der Waals surface area contributed by atoms with E-state index in [-0.39, 0.29) is 11.7 Å². The molecule has 1 amide bonds. The van der Waals surface area contributed by atoms with Crippen LogP contribution in [0, 0.1) is 5.82 Å². The Kier molecular flexibility index (Phi) is 6.85. The molecule has 1 heterocycles. The Morgan fingerprint density at radius 3 is 2.88 bits per heavy atom. The van der Waals surface area contributed by atoms with Gasteiger partial charge in [0.15, 0.2) is 4.34 Å². The second-order valence-electron chi connectivity index (χ2n) is 6.27. The van der Waals surface area contributed by atoms with E-state index in [2.05, 4.69) is 15.5 Å². The van der Waals surface area contributed by atoms with Crippen LogP contribution < -0.4 is 5.32 Å². The topological polar surface area (TPSA) is 58.1 Å². The number of aromatic nitrogens is 2. The number of amides is 1. The molecule has 0 saturated heterocycles. The first-order valence-electron chi connectivity index (χ1n) is 8.94. The molecule has 0 spiro atoms. The molecule has 1 aromatic carbocycles. The lowest BCUT2D eigenvalue weighted by atomic mass is 9.94. The highest BCUT2D eigenvalue weighted by molar-refractivity contribution is 8.01. The van der Waals surface area contributed by atoms with E-state index < -0.39 is 0 Å². The van der Waals surface area contributed by atoms with Crippen molar-refractivity contribution in [3.63, 3.8) is 0 Å². The normalized spacial score (nSPS) is 15.0. The number of nitrogens with one attached hydrogen (secondary N) is 1. The van der Waals surface area contributed by atoms with Crippen LogP contribution in [0.1, 0.15) is 39.0 Å². The lowest BCUT2D eigenvalue weighted by Gasteiger charge is -2.33. The molecule has 5 nitrogen and oxygen atoms in total. The van der Waals surface area contributed by atoms with Gasteiger partial charge in [0.1, 0.15) is 5.82 Å². The van der Waals surface area contributed by atoms with E-state index in [1.54, 1.807) is 12.1 Å². The van der Waals surface area contributed by atoms with Crippen LogP contribution in [-0.4, -0.2) is 39.3 Å². The summed E-state index contributed by atoms with van der Waals surface area (Å²) in [4.78, 5) is 14.6. The molecule has 1 N–H and O–H groups in total. The highest BCUT2D eigenvalue weighted by atomic mass is 32.2. The van der Waals surface area contributed by atoms with Crippen molar-refractivity contribution in [3.05, 3.63) is 30.1 Å². The van der Waals surface area contributed by atoms with Crippen LogP contribution >= 0.6 is 23.1 Å². The third-order valence-electron chi connectivity index (χ3n) is 4.48. The van der Waals surface area contributed by atoms with Crippen molar-refractivity contribution in [2.45, 2.75) is 49.4 Å². The number of hydrogen-bond acceptors (Lipinski definition) is 6. The van der Waals surface area contributed by atoms with Crippen LogP contribution in [0.3, 0.4) is 0 Å². The third-order valence-corrected chi connectivity index (χ3v) is 6.43. The maximum Gasteiger partial charge on any atom is 0.233 e. The summed E-state index contributed by atoms with van der Waals surface area (Å²) >= 11 is 2.78. The van der Waals surface area contributed by atoms with Gasteiger partial charge >= 0.3 is 0 Å². The summed E-state index contributed by atoms with van der Waals surface area (Å²) in [5, 5.41) is 11.8. The average molecular weight is 395 g/mol. The van der Waals surface area contributed by atoms with E-state index in [1.165, 1.54) is 54.5 Å². The molecule has 1 aromatic heterocycles. The first kappa shape index (κ1) is 19.1. The van der Waals surface area contributed by atoms with Crippen LogP contribution in [0.5, 0.6) is 0 Å². The summed E-state index contributed by atoms with van der Waals surface area (Å²) in [6, 6.07) is 6.59. The fraction of sp³-hybridized carbons (Fsp3) is 0.500. The molecule has 26 heavy (non-hydrogen) atoms. The molecule has 2 aromatic rings. The number of halogens is 1. The first-order valence-corrected chi connectivity index (χ1v) is 10.7. The molecule has 1 saturated carbocycles. The standard InChI is InChI=1S/C18H23FN4OS2/c1-2-23(15-9-4-3-5-10-15)16(24)12-25-18-22-21-17(26-18)20-14-8-6-7-13(19)11-14/h6-8,11,15H,2-5,9-10,12H2,1H3,(H,20,21). The van der Waals surface area contributed by atoms with E-state index in [0.717, 1.165) is 23.7 Å². The second kappa shape index (κ2) is 9.32.